The average molecular weight is 361 g/mol. The maximum absolute atomic E-state index is 12.9. The Kier molecular flexibility index (Phi) is 4.73. The summed E-state index contributed by atoms with van der Waals surface area (Å²) in [6, 6.07) is 14.6. The van der Waals surface area contributed by atoms with Crippen LogP contribution in [-0.4, -0.2) is 23.8 Å². The molecule has 0 radical (unpaired) electrons. The third kappa shape index (κ3) is 3.81. The Morgan fingerprint density at radius 1 is 1.00 bits per heavy atom. The maximum Gasteiger partial charge on any atom is 0.371 e. The molecule has 2 heterocycles. The number of furan rings is 2. The zero-order valence-electron chi connectivity index (χ0n) is 13.0. The fraction of sp³-hybridized carbons (Fsp3) is 0.118. The Balaban J connectivity index is 1.94. The number of hydrogen-bond donors (Lipinski definition) is 1. The molecule has 0 spiro atoms. The number of sulfonamides is 1. The standard InChI is InChI=1S/C17H15NO6S/c19-17(20)15-8-9-16(24-15)25(21,22)18(12-14-7-4-10-23-14)11-13-5-2-1-3-6-13/h1-10H,11-12H2,(H,19,20). The number of nitrogens with zero attached hydrogens (tertiary/aromatic N) is 1. The van der Waals surface area contributed by atoms with E-state index in [4.69, 9.17) is 13.9 Å². The van der Waals surface area contributed by atoms with E-state index in [1.54, 1.807) is 24.3 Å². The number of hydrogen-bond acceptors (Lipinski definition) is 5. The minimum Gasteiger partial charge on any atom is -0.475 e. The summed E-state index contributed by atoms with van der Waals surface area (Å²) >= 11 is 0. The van der Waals surface area contributed by atoms with E-state index in [1.807, 2.05) is 18.2 Å². The number of carboxylic acids is 1. The minimum absolute atomic E-state index is 0.00661. The van der Waals surface area contributed by atoms with Gasteiger partial charge >= 0.3 is 5.97 Å². The third-order valence-corrected chi connectivity index (χ3v) is 5.17. The molecular weight excluding hydrogens is 346 g/mol. The molecule has 0 aliphatic carbocycles. The molecule has 2 aromatic heterocycles. The highest BCUT2D eigenvalue weighted by molar-refractivity contribution is 7.88. The van der Waals surface area contributed by atoms with Crippen LogP contribution in [0.25, 0.3) is 0 Å². The highest BCUT2D eigenvalue weighted by Crippen LogP contribution is 2.23. The van der Waals surface area contributed by atoms with Crippen molar-refractivity contribution in [2.45, 2.75) is 18.2 Å². The van der Waals surface area contributed by atoms with Gasteiger partial charge in [-0.3, -0.25) is 0 Å². The first-order valence-corrected chi connectivity index (χ1v) is 8.80. The zero-order valence-corrected chi connectivity index (χ0v) is 13.8. The van der Waals surface area contributed by atoms with Crippen molar-refractivity contribution in [2.24, 2.45) is 0 Å². The lowest BCUT2D eigenvalue weighted by Crippen LogP contribution is -2.30. The van der Waals surface area contributed by atoms with Crippen molar-refractivity contribution < 1.29 is 27.2 Å². The number of rotatable bonds is 7. The molecule has 1 N–H and O–H groups in total. The molecule has 130 valence electrons. The molecule has 0 aliphatic heterocycles. The fourth-order valence-electron chi connectivity index (χ4n) is 2.29. The van der Waals surface area contributed by atoms with Gasteiger partial charge in [0.05, 0.1) is 12.8 Å². The maximum atomic E-state index is 12.9. The monoisotopic (exact) mass is 361 g/mol. The topological polar surface area (TPSA) is 101 Å². The summed E-state index contributed by atoms with van der Waals surface area (Å²) in [5.74, 6) is -1.30. The van der Waals surface area contributed by atoms with Gasteiger partial charge in [-0.1, -0.05) is 30.3 Å². The van der Waals surface area contributed by atoms with E-state index >= 15 is 0 Å². The van der Waals surface area contributed by atoms with Gasteiger partial charge in [-0.2, -0.15) is 4.31 Å². The molecule has 0 bridgehead atoms. The lowest BCUT2D eigenvalue weighted by atomic mass is 10.2. The summed E-state index contributed by atoms with van der Waals surface area (Å²) in [4.78, 5) is 10.9. The molecule has 0 aliphatic rings. The van der Waals surface area contributed by atoms with Crippen molar-refractivity contribution in [1.82, 2.24) is 4.31 Å². The highest BCUT2D eigenvalue weighted by atomic mass is 32.2. The molecule has 0 unspecified atom stereocenters. The molecule has 8 heteroatoms. The first kappa shape index (κ1) is 17.0. The second-order valence-corrected chi connectivity index (χ2v) is 7.13. The van der Waals surface area contributed by atoms with E-state index < -0.39 is 26.8 Å². The number of carbonyl (C=O) groups is 1. The predicted octanol–water partition coefficient (Wildman–Crippen LogP) is 2.96. The van der Waals surface area contributed by atoms with Gasteiger partial charge in [0.1, 0.15) is 5.76 Å². The molecule has 0 saturated heterocycles. The van der Waals surface area contributed by atoms with Crippen LogP contribution in [0.4, 0.5) is 0 Å². The summed E-state index contributed by atoms with van der Waals surface area (Å²) in [5.41, 5.74) is 0.780. The quantitative estimate of drug-likeness (QED) is 0.694. The van der Waals surface area contributed by atoms with Crippen LogP contribution in [0.5, 0.6) is 0 Å². The summed E-state index contributed by atoms with van der Waals surface area (Å²) in [5, 5.41) is 8.50. The molecule has 0 atom stereocenters. The van der Waals surface area contributed by atoms with Gasteiger partial charge < -0.3 is 13.9 Å². The molecule has 25 heavy (non-hydrogen) atoms. The van der Waals surface area contributed by atoms with E-state index in [1.165, 1.54) is 10.6 Å². The molecule has 3 aromatic rings. The fourth-order valence-corrected chi connectivity index (χ4v) is 3.60. The molecule has 1 aromatic carbocycles. The third-order valence-electron chi connectivity index (χ3n) is 3.50. The van der Waals surface area contributed by atoms with Gasteiger partial charge in [0.15, 0.2) is 0 Å². The van der Waals surface area contributed by atoms with Crippen LogP contribution in [0.3, 0.4) is 0 Å². The highest BCUT2D eigenvalue weighted by Gasteiger charge is 2.29. The van der Waals surface area contributed by atoms with Crippen LogP contribution in [0, 0.1) is 0 Å². The van der Waals surface area contributed by atoms with Crippen LogP contribution in [0.1, 0.15) is 21.9 Å². The van der Waals surface area contributed by atoms with E-state index in [0.717, 1.165) is 17.7 Å². The number of aromatic carboxylic acids is 1. The number of carboxylic acid groups (broad SMARTS) is 1. The van der Waals surface area contributed by atoms with Gasteiger partial charge in [-0.25, -0.2) is 13.2 Å². The molecule has 0 amide bonds. The summed E-state index contributed by atoms with van der Waals surface area (Å²) in [6.45, 7) is 0.0836. The van der Waals surface area contributed by atoms with Gasteiger partial charge in [0, 0.05) is 6.54 Å². The first-order chi connectivity index (χ1) is 12.0. The van der Waals surface area contributed by atoms with Crippen LogP contribution in [-0.2, 0) is 23.1 Å². The summed E-state index contributed by atoms with van der Waals surface area (Å²) in [6.07, 6.45) is 1.46. The van der Waals surface area contributed by atoms with Crippen LogP contribution < -0.4 is 0 Å². The summed E-state index contributed by atoms with van der Waals surface area (Å²) in [7, 11) is -4.04. The Morgan fingerprint density at radius 2 is 1.76 bits per heavy atom. The second-order valence-electron chi connectivity index (χ2n) is 5.26. The Bertz CT molecular complexity index is 944. The van der Waals surface area contributed by atoms with Crippen LogP contribution in [0.15, 0.2) is 74.8 Å². The van der Waals surface area contributed by atoms with Gasteiger partial charge in [0.25, 0.3) is 10.0 Å². The Morgan fingerprint density at radius 3 is 2.36 bits per heavy atom. The largest absolute Gasteiger partial charge is 0.475 e. The number of benzene rings is 1. The molecule has 3 rings (SSSR count). The van der Waals surface area contributed by atoms with Crippen molar-refractivity contribution >= 4 is 16.0 Å². The van der Waals surface area contributed by atoms with Crippen molar-refractivity contribution in [3.63, 3.8) is 0 Å². The average Bonchev–Trinajstić information content (AvgIpc) is 3.27. The lowest BCUT2D eigenvalue weighted by Gasteiger charge is -2.20. The predicted molar refractivity (Wildman–Crippen MR) is 87.3 cm³/mol. The van der Waals surface area contributed by atoms with E-state index in [9.17, 15) is 13.2 Å². The van der Waals surface area contributed by atoms with Gasteiger partial charge in [0.2, 0.25) is 10.9 Å². The van der Waals surface area contributed by atoms with Crippen molar-refractivity contribution in [1.29, 1.82) is 0 Å². The van der Waals surface area contributed by atoms with Crippen molar-refractivity contribution in [3.8, 4) is 0 Å². The zero-order chi connectivity index (χ0) is 17.9. The molecular formula is C17H15NO6S. The van der Waals surface area contributed by atoms with E-state index in [2.05, 4.69) is 0 Å². The Labute approximate surface area is 144 Å². The van der Waals surface area contributed by atoms with Crippen molar-refractivity contribution in [3.05, 3.63) is 77.9 Å². The lowest BCUT2D eigenvalue weighted by molar-refractivity contribution is 0.0656. The minimum atomic E-state index is -4.04. The first-order valence-electron chi connectivity index (χ1n) is 7.36. The SMILES string of the molecule is O=C(O)c1ccc(S(=O)(=O)N(Cc2ccccc2)Cc2ccco2)o1. The Hall–Kier alpha value is -2.84. The van der Waals surface area contributed by atoms with Crippen LogP contribution >= 0.6 is 0 Å². The van der Waals surface area contributed by atoms with Crippen LogP contribution in [0.2, 0.25) is 0 Å². The van der Waals surface area contributed by atoms with Crippen molar-refractivity contribution in [2.75, 3.05) is 0 Å². The smallest absolute Gasteiger partial charge is 0.371 e. The summed E-state index contributed by atoms with van der Waals surface area (Å²) < 4.78 is 37.2. The normalized spacial score (nSPS) is 11.7. The van der Waals surface area contributed by atoms with Gasteiger partial charge in [-0.15, -0.1) is 0 Å². The molecule has 0 saturated carbocycles. The second kappa shape index (κ2) is 6.96. The molecule has 7 nitrogen and oxygen atoms in total. The van der Waals surface area contributed by atoms with Gasteiger partial charge in [-0.05, 0) is 29.8 Å². The van der Waals surface area contributed by atoms with E-state index in [0.29, 0.717) is 5.76 Å². The van der Waals surface area contributed by atoms with E-state index in [-0.39, 0.29) is 13.1 Å². The molecule has 0 fully saturated rings.